The molecule has 1 N–H and O–H groups in total. The van der Waals surface area contributed by atoms with Crippen molar-refractivity contribution in [3.05, 3.63) is 75.6 Å². The first-order valence-electron chi connectivity index (χ1n) is 6.57. The van der Waals surface area contributed by atoms with Crippen molar-refractivity contribution in [2.75, 3.05) is 0 Å². The number of hydrogen-bond donors (Lipinski definition) is 1. The van der Waals surface area contributed by atoms with Gasteiger partial charge in [0.2, 0.25) is 0 Å². The summed E-state index contributed by atoms with van der Waals surface area (Å²) in [5.41, 5.74) is 2.86. The Labute approximate surface area is 135 Å². The predicted octanol–water partition coefficient (Wildman–Crippen LogP) is 1.51. The van der Waals surface area contributed by atoms with Crippen LogP contribution >= 0.6 is 11.6 Å². The number of nitrogens with one attached hydrogen (secondary N) is 1. The minimum Gasteiger partial charge on any atom is -0.268 e. The molecule has 114 valence electrons. The summed E-state index contributed by atoms with van der Waals surface area (Å²) in [4.78, 5) is 32.1. The van der Waals surface area contributed by atoms with Crippen molar-refractivity contribution < 1.29 is 4.79 Å². The molecule has 23 heavy (non-hydrogen) atoms. The summed E-state index contributed by atoms with van der Waals surface area (Å²) in [6.45, 7) is 0. The maximum absolute atomic E-state index is 12.3. The van der Waals surface area contributed by atoms with E-state index in [1.165, 1.54) is 23.0 Å². The summed E-state index contributed by atoms with van der Waals surface area (Å²) in [7, 11) is 0. The van der Waals surface area contributed by atoms with Gasteiger partial charge in [-0.25, -0.2) is 10.4 Å². The molecular formula is C15H10ClN5O2. The van der Waals surface area contributed by atoms with Crippen molar-refractivity contribution >= 4 is 29.4 Å². The second-order valence-electron chi connectivity index (χ2n) is 4.49. The minimum atomic E-state index is -0.423. The Morgan fingerprint density at radius 2 is 2.04 bits per heavy atom. The Morgan fingerprint density at radius 1 is 1.26 bits per heavy atom. The maximum atomic E-state index is 12.3. The van der Waals surface area contributed by atoms with Crippen LogP contribution in [0.4, 0.5) is 0 Å². The Hall–Kier alpha value is -3.06. The van der Waals surface area contributed by atoms with Gasteiger partial charge in [0.1, 0.15) is 10.8 Å². The van der Waals surface area contributed by atoms with E-state index in [2.05, 4.69) is 20.5 Å². The molecule has 0 aliphatic rings. The molecule has 0 aliphatic carbocycles. The summed E-state index contributed by atoms with van der Waals surface area (Å²) in [5.74, 6) is -0.423. The molecule has 0 atom stereocenters. The van der Waals surface area contributed by atoms with E-state index in [-0.39, 0.29) is 16.3 Å². The fourth-order valence-electron chi connectivity index (χ4n) is 1.91. The topological polar surface area (TPSA) is 88.7 Å². The van der Waals surface area contributed by atoms with E-state index in [0.717, 1.165) is 0 Å². The standard InChI is InChI=1S/C15H10ClN5O2/c16-13-11(15(23)21-8-2-1-3-12(21)19-13)9-18-20-14(22)10-4-6-17-7-5-10/h1-9H,(H,20,22)/b18-9-. The Morgan fingerprint density at radius 3 is 2.83 bits per heavy atom. The maximum Gasteiger partial charge on any atom is 0.271 e. The molecule has 7 nitrogen and oxygen atoms in total. The van der Waals surface area contributed by atoms with Crippen molar-refractivity contribution in [3.63, 3.8) is 0 Å². The Bertz CT molecular complexity index is 953. The van der Waals surface area contributed by atoms with Crippen molar-refractivity contribution in [2.24, 2.45) is 5.10 Å². The highest BCUT2D eigenvalue weighted by atomic mass is 35.5. The zero-order chi connectivity index (χ0) is 16.2. The van der Waals surface area contributed by atoms with Gasteiger partial charge in [-0.2, -0.15) is 5.10 Å². The average molecular weight is 328 g/mol. The highest BCUT2D eigenvalue weighted by molar-refractivity contribution is 6.32. The predicted molar refractivity (Wildman–Crippen MR) is 85.8 cm³/mol. The zero-order valence-electron chi connectivity index (χ0n) is 11.7. The molecule has 3 aromatic heterocycles. The normalized spacial score (nSPS) is 11.0. The third-order valence-electron chi connectivity index (χ3n) is 3.02. The SMILES string of the molecule is O=C(N/N=C\c1c(Cl)nc2ccccn2c1=O)c1ccncc1. The first-order chi connectivity index (χ1) is 11.2. The van der Waals surface area contributed by atoms with Gasteiger partial charge in [-0.15, -0.1) is 0 Å². The van der Waals surface area contributed by atoms with Gasteiger partial charge in [-0.05, 0) is 24.3 Å². The lowest BCUT2D eigenvalue weighted by molar-refractivity contribution is 0.0955. The van der Waals surface area contributed by atoms with E-state index in [1.807, 2.05) is 0 Å². The van der Waals surface area contributed by atoms with Crippen LogP contribution in [0.15, 0.2) is 58.8 Å². The second-order valence-corrected chi connectivity index (χ2v) is 4.84. The summed E-state index contributed by atoms with van der Waals surface area (Å²) >= 11 is 6.00. The molecular weight excluding hydrogens is 318 g/mol. The van der Waals surface area contributed by atoms with Crippen LogP contribution in [0, 0.1) is 0 Å². The largest absolute Gasteiger partial charge is 0.271 e. The number of aromatic nitrogens is 3. The molecule has 0 aromatic carbocycles. The van der Waals surface area contributed by atoms with Crippen LogP contribution in [0.5, 0.6) is 0 Å². The number of pyridine rings is 2. The first-order valence-corrected chi connectivity index (χ1v) is 6.95. The fraction of sp³-hybridized carbons (Fsp3) is 0. The van der Waals surface area contributed by atoms with Crippen molar-refractivity contribution in [3.8, 4) is 0 Å². The molecule has 0 aliphatic heterocycles. The molecule has 0 radical (unpaired) electrons. The minimum absolute atomic E-state index is 0.0168. The molecule has 1 amide bonds. The summed E-state index contributed by atoms with van der Waals surface area (Å²) in [6, 6.07) is 8.21. The lowest BCUT2D eigenvalue weighted by Crippen LogP contribution is -2.22. The molecule has 3 aromatic rings. The van der Waals surface area contributed by atoms with Crippen molar-refractivity contribution in [1.82, 2.24) is 19.8 Å². The zero-order valence-corrected chi connectivity index (χ0v) is 12.4. The molecule has 3 rings (SSSR count). The van der Waals surface area contributed by atoms with E-state index < -0.39 is 5.91 Å². The summed E-state index contributed by atoms with van der Waals surface area (Å²) in [5, 5.41) is 3.78. The number of carbonyl (C=O) groups is 1. The van der Waals surface area contributed by atoms with Crippen molar-refractivity contribution in [2.45, 2.75) is 0 Å². The van der Waals surface area contributed by atoms with Crippen LogP contribution in [-0.2, 0) is 0 Å². The molecule has 0 fully saturated rings. The lowest BCUT2D eigenvalue weighted by Gasteiger charge is -2.03. The lowest BCUT2D eigenvalue weighted by atomic mass is 10.3. The van der Waals surface area contributed by atoms with E-state index in [9.17, 15) is 9.59 Å². The van der Waals surface area contributed by atoms with Crippen LogP contribution in [0.25, 0.3) is 5.65 Å². The van der Waals surface area contributed by atoms with Crippen LogP contribution in [0.3, 0.4) is 0 Å². The van der Waals surface area contributed by atoms with Crippen LogP contribution < -0.4 is 11.0 Å². The molecule has 0 spiro atoms. The Kier molecular flexibility index (Phi) is 4.11. The second kappa shape index (κ2) is 6.37. The molecule has 0 saturated carbocycles. The van der Waals surface area contributed by atoms with E-state index in [4.69, 9.17) is 11.6 Å². The number of nitrogens with zero attached hydrogens (tertiary/aromatic N) is 4. The third kappa shape index (κ3) is 3.09. The van der Waals surface area contributed by atoms with Gasteiger partial charge >= 0.3 is 0 Å². The smallest absolute Gasteiger partial charge is 0.268 e. The van der Waals surface area contributed by atoms with Gasteiger partial charge in [-0.1, -0.05) is 17.7 Å². The van der Waals surface area contributed by atoms with Crippen LogP contribution in [0.1, 0.15) is 15.9 Å². The molecule has 0 bridgehead atoms. The number of amides is 1. The van der Waals surface area contributed by atoms with Gasteiger partial charge in [0.05, 0.1) is 11.8 Å². The molecule has 8 heteroatoms. The van der Waals surface area contributed by atoms with E-state index >= 15 is 0 Å². The van der Waals surface area contributed by atoms with Gasteiger partial charge < -0.3 is 0 Å². The first kappa shape index (κ1) is 14.9. The number of halogens is 1. The highest BCUT2D eigenvalue weighted by Crippen LogP contribution is 2.08. The number of fused-ring (bicyclic) bond motifs is 1. The van der Waals surface area contributed by atoms with Gasteiger partial charge in [0.15, 0.2) is 0 Å². The highest BCUT2D eigenvalue weighted by Gasteiger charge is 2.09. The molecule has 3 heterocycles. The monoisotopic (exact) mass is 327 g/mol. The molecule has 0 unspecified atom stereocenters. The van der Waals surface area contributed by atoms with Gasteiger partial charge in [-0.3, -0.25) is 19.0 Å². The summed E-state index contributed by atoms with van der Waals surface area (Å²) in [6.07, 6.45) is 5.74. The van der Waals surface area contributed by atoms with Crippen LogP contribution in [-0.4, -0.2) is 26.5 Å². The third-order valence-corrected chi connectivity index (χ3v) is 3.31. The van der Waals surface area contributed by atoms with Gasteiger partial charge in [0.25, 0.3) is 11.5 Å². The fourth-order valence-corrected chi connectivity index (χ4v) is 2.12. The quantitative estimate of drug-likeness (QED) is 0.448. The molecule has 0 saturated heterocycles. The Balaban J connectivity index is 1.87. The van der Waals surface area contributed by atoms with Gasteiger partial charge in [0, 0.05) is 24.2 Å². The van der Waals surface area contributed by atoms with Crippen molar-refractivity contribution in [1.29, 1.82) is 0 Å². The van der Waals surface area contributed by atoms with E-state index in [0.29, 0.717) is 11.2 Å². The van der Waals surface area contributed by atoms with Crippen LogP contribution in [0.2, 0.25) is 5.15 Å². The summed E-state index contributed by atoms with van der Waals surface area (Å²) < 4.78 is 1.35. The number of carbonyl (C=O) groups excluding carboxylic acids is 1. The number of hydrazone groups is 1. The van der Waals surface area contributed by atoms with E-state index in [1.54, 1.807) is 36.5 Å². The average Bonchev–Trinajstić information content (AvgIpc) is 2.58. The number of rotatable bonds is 3. The number of hydrogen-bond acceptors (Lipinski definition) is 5.